The van der Waals surface area contributed by atoms with E-state index in [2.05, 4.69) is 5.32 Å². The van der Waals surface area contributed by atoms with E-state index in [1.54, 1.807) is 38.1 Å². The van der Waals surface area contributed by atoms with Crippen LogP contribution in [0.2, 0.25) is 5.02 Å². The van der Waals surface area contributed by atoms with Crippen molar-refractivity contribution in [2.75, 3.05) is 17.5 Å². The fraction of sp³-hybridized carbons (Fsp3) is 0.333. The zero-order valence-electron chi connectivity index (χ0n) is 23.7. The molecule has 0 radical (unpaired) electrons. The molecule has 11 heteroatoms. The van der Waals surface area contributed by atoms with Crippen LogP contribution in [0.1, 0.15) is 40.2 Å². The second kappa shape index (κ2) is 13.4. The number of anilines is 1. The van der Waals surface area contributed by atoms with Crippen molar-refractivity contribution in [1.29, 1.82) is 0 Å². The molecule has 1 unspecified atom stereocenters. The summed E-state index contributed by atoms with van der Waals surface area (Å²) >= 11 is 6.00. The average Bonchev–Trinajstić information content (AvgIpc) is 2.91. The molecule has 1 atom stereocenters. The quantitative estimate of drug-likeness (QED) is 0.316. The Labute approximate surface area is 246 Å². The number of carbonyl (C=O) groups is 2. The van der Waals surface area contributed by atoms with Crippen molar-refractivity contribution in [3.05, 3.63) is 89.2 Å². The van der Waals surface area contributed by atoms with Gasteiger partial charge in [-0.25, -0.2) is 12.8 Å². The molecule has 0 saturated heterocycles. The molecule has 3 aromatic rings. The van der Waals surface area contributed by atoms with E-state index in [4.69, 9.17) is 16.3 Å². The van der Waals surface area contributed by atoms with Crippen LogP contribution < -0.4 is 14.4 Å². The summed E-state index contributed by atoms with van der Waals surface area (Å²) < 4.78 is 48.2. The number of ether oxygens (including phenoxy) is 1. The van der Waals surface area contributed by atoms with Crippen LogP contribution in [0.15, 0.2) is 77.7 Å². The number of nitrogens with one attached hydrogen (secondary N) is 1. The van der Waals surface area contributed by atoms with Crippen LogP contribution in [0.4, 0.5) is 10.1 Å². The maximum absolute atomic E-state index is 14.0. The van der Waals surface area contributed by atoms with E-state index in [9.17, 15) is 22.4 Å². The minimum Gasteiger partial charge on any atom is -0.492 e. The van der Waals surface area contributed by atoms with Crippen LogP contribution in [0.5, 0.6) is 5.75 Å². The third-order valence-electron chi connectivity index (χ3n) is 6.05. The van der Waals surface area contributed by atoms with Gasteiger partial charge in [-0.3, -0.25) is 13.9 Å². The van der Waals surface area contributed by atoms with E-state index in [0.717, 1.165) is 4.31 Å². The second-order valence-corrected chi connectivity index (χ2v) is 12.7. The smallest absolute Gasteiger partial charge is 0.264 e. The Balaban J connectivity index is 2.08. The maximum atomic E-state index is 14.0. The predicted octanol–water partition coefficient (Wildman–Crippen LogP) is 5.41. The van der Waals surface area contributed by atoms with Crippen molar-refractivity contribution in [2.45, 2.75) is 57.6 Å². The van der Waals surface area contributed by atoms with Gasteiger partial charge in [-0.1, -0.05) is 35.9 Å². The molecule has 220 valence electrons. The zero-order valence-corrected chi connectivity index (χ0v) is 25.3. The number of benzene rings is 3. The summed E-state index contributed by atoms with van der Waals surface area (Å²) in [6, 6.07) is 16.7. The van der Waals surface area contributed by atoms with Crippen LogP contribution in [0.3, 0.4) is 0 Å². The summed E-state index contributed by atoms with van der Waals surface area (Å²) in [5, 5.41) is 3.22. The third-order valence-corrected chi connectivity index (χ3v) is 8.07. The van der Waals surface area contributed by atoms with Crippen LogP contribution in [-0.4, -0.2) is 49.9 Å². The third kappa shape index (κ3) is 8.43. The Hall–Kier alpha value is -3.63. The standard InChI is InChI=1S/C30H35ClFN3O5S/c1-6-40-27-10-8-7-9-26(27)35(41(38,39)25-17-13-23(31)14-18-25)20-28(36)34(19-22-11-15-24(32)16-12-22)21(2)29(37)33-30(3,4)5/h7-18,21H,6,19-20H2,1-5H3,(H,33,37). The minimum absolute atomic E-state index is 0.0558. The van der Waals surface area contributed by atoms with Crippen molar-refractivity contribution < 1.29 is 27.1 Å². The van der Waals surface area contributed by atoms with E-state index in [1.165, 1.54) is 53.4 Å². The average molecular weight is 604 g/mol. The first-order valence-corrected chi connectivity index (χ1v) is 14.9. The van der Waals surface area contributed by atoms with Gasteiger partial charge in [-0.2, -0.15) is 0 Å². The van der Waals surface area contributed by atoms with Crippen molar-refractivity contribution in [3.8, 4) is 5.75 Å². The molecule has 0 aliphatic heterocycles. The summed E-state index contributed by atoms with van der Waals surface area (Å²) in [5.41, 5.74) is 0.152. The van der Waals surface area contributed by atoms with E-state index < -0.39 is 45.8 Å². The fourth-order valence-electron chi connectivity index (χ4n) is 4.03. The summed E-state index contributed by atoms with van der Waals surface area (Å²) in [7, 11) is -4.30. The van der Waals surface area contributed by atoms with Gasteiger partial charge in [0.15, 0.2) is 0 Å². The highest BCUT2D eigenvalue weighted by molar-refractivity contribution is 7.92. The molecule has 41 heavy (non-hydrogen) atoms. The lowest BCUT2D eigenvalue weighted by atomic mass is 10.1. The van der Waals surface area contributed by atoms with Gasteiger partial charge in [0.1, 0.15) is 24.2 Å². The number of carbonyl (C=O) groups excluding carboxylic acids is 2. The van der Waals surface area contributed by atoms with Gasteiger partial charge >= 0.3 is 0 Å². The molecule has 0 bridgehead atoms. The summed E-state index contributed by atoms with van der Waals surface area (Å²) in [4.78, 5) is 28.4. The molecule has 0 aliphatic rings. The number of hydrogen-bond donors (Lipinski definition) is 1. The largest absolute Gasteiger partial charge is 0.492 e. The Morgan fingerprint density at radius 2 is 1.61 bits per heavy atom. The molecule has 1 N–H and O–H groups in total. The minimum atomic E-state index is -4.30. The fourth-order valence-corrected chi connectivity index (χ4v) is 5.58. The lowest BCUT2D eigenvalue weighted by molar-refractivity contribution is -0.140. The highest BCUT2D eigenvalue weighted by atomic mass is 35.5. The topological polar surface area (TPSA) is 96.0 Å². The van der Waals surface area contributed by atoms with E-state index in [0.29, 0.717) is 10.6 Å². The predicted molar refractivity (Wildman–Crippen MR) is 158 cm³/mol. The summed E-state index contributed by atoms with van der Waals surface area (Å²) in [6.07, 6.45) is 0. The Morgan fingerprint density at radius 1 is 1.00 bits per heavy atom. The molecule has 0 spiro atoms. The molecule has 0 saturated carbocycles. The van der Waals surface area contributed by atoms with Gasteiger partial charge in [-0.05, 0) is 88.7 Å². The van der Waals surface area contributed by atoms with Crippen LogP contribution in [-0.2, 0) is 26.2 Å². The highest BCUT2D eigenvalue weighted by Crippen LogP contribution is 2.33. The Kier molecular flexibility index (Phi) is 10.4. The van der Waals surface area contributed by atoms with Gasteiger partial charge < -0.3 is 15.0 Å². The number of nitrogens with zero attached hydrogens (tertiary/aromatic N) is 2. The number of amides is 2. The van der Waals surface area contributed by atoms with E-state index in [1.807, 2.05) is 20.8 Å². The Bertz CT molecular complexity index is 1460. The molecule has 8 nitrogen and oxygen atoms in total. The summed E-state index contributed by atoms with van der Waals surface area (Å²) in [6.45, 7) is 8.34. The normalized spacial score (nSPS) is 12.4. The first-order chi connectivity index (χ1) is 19.2. The van der Waals surface area contributed by atoms with Crippen LogP contribution in [0, 0.1) is 5.82 Å². The van der Waals surface area contributed by atoms with Gasteiger partial charge in [0, 0.05) is 17.1 Å². The van der Waals surface area contributed by atoms with Gasteiger partial charge in [-0.15, -0.1) is 0 Å². The molecule has 0 fully saturated rings. The second-order valence-electron chi connectivity index (χ2n) is 10.4. The Morgan fingerprint density at radius 3 is 2.20 bits per heavy atom. The number of rotatable bonds is 11. The van der Waals surface area contributed by atoms with Crippen LogP contribution in [0.25, 0.3) is 0 Å². The van der Waals surface area contributed by atoms with Crippen molar-refractivity contribution in [3.63, 3.8) is 0 Å². The van der Waals surface area contributed by atoms with Gasteiger partial charge in [0.2, 0.25) is 11.8 Å². The molecule has 0 aliphatic carbocycles. The van der Waals surface area contributed by atoms with Gasteiger partial charge in [0.05, 0.1) is 17.2 Å². The first-order valence-electron chi connectivity index (χ1n) is 13.1. The van der Waals surface area contributed by atoms with Crippen molar-refractivity contribution in [1.82, 2.24) is 10.2 Å². The monoisotopic (exact) mass is 603 g/mol. The van der Waals surface area contributed by atoms with Crippen molar-refractivity contribution in [2.24, 2.45) is 0 Å². The number of sulfonamides is 1. The van der Waals surface area contributed by atoms with E-state index >= 15 is 0 Å². The molecule has 0 aromatic heterocycles. The van der Waals surface area contributed by atoms with Crippen molar-refractivity contribution >= 4 is 39.1 Å². The lowest BCUT2D eigenvalue weighted by Gasteiger charge is -2.33. The summed E-state index contributed by atoms with van der Waals surface area (Å²) in [5.74, 6) is -1.24. The zero-order chi connectivity index (χ0) is 30.4. The molecule has 2 amide bonds. The molecule has 3 rings (SSSR count). The van der Waals surface area contributed by atoms with E-state index in [-0.39, 0.29) is 29.5 Å². The maximum Gasteiger partial charge on any atom is 0.264 e. The SMILES string of the molecule is CCOc1ccccc1N(CC(=O)N(Cc1ccc(F)cc1)C(C)C(=O)NC(C)(C)C)S(=O)(=O)c1ccc(Cl)cc1. The molecular formula is C30H35ClFN3O5S. The molecule has 3 aromatic carbocycles. The molecular weight excluding hydrogens is 569 g/mol. The van der Waals surface area contributed by atoms with Gasteiger partial charge in [0.25, 0.3) is 10.0 Å². The number of para-hydroxylation sites is 2. The molecule has 0 heterocycles. The first kappa shape index (κ1) is 31.9. The van der Waals surface area contributed by atoms with Crippen LogP contribution >= 0.6 is 11.6 Å². The lowest BCUT2D eigenvalue weighted by Crippen LogP contribution is -2.54. The number of hydrogen-bond acceptors (Lipinski definition) is 5. The highest BCUT2D eigenvalue weighted by Gasteiger charge is 2.34. The number of halogens is 2.